The molecule has 5 rings (SSSR count). The van der Waals surface area contributed by atoms with Gasteiger partial charge in [-0.1, -0.05) is 72.8 Å². The van der Waals surface area contributed by atoms with Gasteiger partial charge in [0.15, 0.2) is 12.7 Å². The number of nitrogens with zero attached hydrogens (tertiary/aromatic N) is 1. The minimum atomic E-state index is -3.78. The topological polar surface area (TPSA) is 114 Å². The van der Waals surface area contributed by atoms with Gasteiger partial charge in [-0.3, -0.25) is 9.59 Å². The quantitative estimate of drug-likeness (QED) is 0.266. The van der Waals surface area contributed by atoms with E-state index in [1.165, 1.54) is 29.2 Å². The zero-order chi connectivity index (χ0) is 30.2. The van der Waals surface area contributed by atoms with Crippen molar-refractivity contribution in [3.05, 3.63) is 120 Å². The molecule has 0 unspecified atom stereocenters. The Morgan fingerprint density at radius 2 is 1.56 bits per heavy atom. The fourth-order valence-electron chi connectivity index (χ4n) is 4.74. The lowest BCUT2D eigenvalue weighted by molar-refractivity contribution is -0.128. The minimum Gasteiger partial charge on any atom is -0.484 e. The molecule has 0 saturated heterocycles. The van der Waals surface area contributed by atoms with Crippen molar-refractivity contribution >= 4 is 27.5 Å². The van der Waals surface area contributed by atoms with Crippen LogP contribution in [-0.2, 0) is 26.0 Å². The SMILES string of the molecule is C[C@@H](NS(=O)(=O)c1ccc(OCC(=O)N2C[C@H](C(=O)NCCc3ccccc3)Oc3ccccc32)cc1)c1ccccc1. The maximum absolute atomic E-state index is 13.3. The number of carbonyl (C=O) groups excluding carboxylic acids is 2. The van der Waals surface area contributed by atoms with Gasteiger partial charge >= 0.3 is 0 Å². The van der Waals surface area contributed by atoms with E-state index in [9.17, 15) is 18.0 Å². The summed E-state index contributed by atoms with van der Waals surface area (Å²) in [5.74, 6) is 0.0845. The summed E-state index contributed by atoms with van der Waals surface area (Å²) in [4.78, 5) is 27.8. The molecule has 43 heavy (non-hydrogen) atoms. The third kappa shape index (κ3) is 7.59. The Kier molecular flexibility index (Phi) is 9.38. The standard InChI is InChI=1S/C33H33N3O6S/c1-24(26-12-6-3-7-13-26)35-43(39,40)28-18-16-27(17-19-28)41-23-32(37)36-22-31(42-30-15-9-8-14-29(30)36)33(38)34-21-20-25-10-4-2-5-11-25/h2-19,24,31,35H,20-23H2,1H3,(H,34,38)/t24-,31-/m1/s1. The molecule has 0 radical (unpaired) electrons. The van der Waals surface area contributed by atoms with Gasteiger partial charge in [-0.15, -0.1) is 0 Å². The molecule has 2 N–H and O–H groups in total. The summed E-state index contributed by atoms with van der Waals surface area (Å²) in [5.41, 5.74) is 2.50. The third-order valence-corrected chi connectivity index (χ3v) is 8.61. The molecule has 9 nitrogen and oxygen atoms in total. The van der Waals surface area contributed by atoms with Crippen LogP contribution in [0.25, 0.3) is 0 Å². The number of anilines is 1. The summed E-state index contributed by atoms with van der Waals surface area (Å²) >= 11 is 0. The van der Waals surface area contributed by atoms with Crippen molar-refractivity contribution in [2.45, 2.75) is 30.4 Å². The molecule has 0 aromatic heterocycles. The number of fused-ring (bicyclic) bond motifs is 1. The van der Waals surface area contributed by atoms with E-state index in [0.717, 1.165) is 11.1 Å². The molecule has 0 saturated carbocycles. The van der Waals surface area contributed by atoms with E-state index < -0.39 is 22.2 Å². The Morgan fingerprint density at radius 3 is 2.28 bits per heavy atom. The predicted octanol–water partition coefficient (Wildman–Crippen LogP) is 4.26. The van der Waals surface area contributed by atoms with E-state index in [0.29, 0.717) is 30.2 Å². The van der Waals surface area contributed by atoms with Gasteiger partial charge < -0.3 is 19.7 Å². The molecule has 4 aromatic rings. The average Bonchev–Trinajstić information content (AvgIpc) is 3.04. The number of sulfonamides is 1. The molecular weight excluding hydrogens is 566 g/mol. The van der Waals surface area contributed by atoms with E-state index in [-0.39, 0.29) is 29.9 Å². The number of rotatable bonds is 11. The monoisotopic (exact) mass is 599 g/mol. The number of amides is 2. The molecule has 1 aliphatic rings. The number of nitrogens with one attached hydrogen (secondary N) is 2. The minimum absolute atomic E-state index is 0.0266. The van der Waals surface area contributed by atoms with Gasteiger partial charge in [0.1, 0.15) is 11.5 Å². The first kappa shape index (κ1) is 29.8. The summed E-state index contributed by atoms with van der Waals surface area (Å²) in [5, 5.41) is 2.90. The Balaban J connectivity index is 1.18. The number of hydrogen-bond acceptors (Lipinski definition) is 6. The van der Waals surface area contributed by atoms with Crippen molar-refractivity contribution in [2.24, 2.45) is 0 Å². The second-order valence-corrected chi connectivity index (χ2v) is 11.8. The van der Waals surface area contributed by atoms with Crippen molar-refractivity contribution in [1.29, 1.82) is 0 Å². The fraction of sp³-hybridized carbons (Fsp3) is 0.212. The molecular formula is C33H33N3O6S. The zero-order valence-electron chi connectivity index (χ0n) is 23.7. The van der Waals surface area contributed by atoms with Crippen molar-refractivity contribution in [1.82, 2.24) is 10.0 Å². The van der Waals surface area contributed by atoms with E-state index in [1.54, 1.807) is 31.2 Å². The molecule has 0 bridgehead atoms. The average molecular weight is 600 g/mol. The van der Waals surface area contributed by atoms with Crippen LogP contribution in [0.3, 0.4) is 0 Å². The fourth-order valence-corrected chi connectivity index (χ4v) is 5.98. The van der Waals surface area contributed by atoms with Crippen molar-refractivity contribution in [3.63, 3.8) is 0 Å². The van der Waals surface area contributed by atoms with Gasteiger partial charge in [-0.05, 0) is 60.9 Å². The van der Waals surface area contributed by atoms with Crippen molar-refractivity contribution < 1.29 is 27.5 Å². The lowest BCUT2D eigenvalue weighted by Gasteiger charge is -2.34. The number of para-hydroxylation sites is 2. The highest BCUT2D eigenvalue weighted by Crippen LogP contribution is 2.33. The lowest BCUT2D eigenvalue weighted by atomic mass is 10.1. The van der Waals surface area contributed by atoms with E-state index >= 15 is 0 Å². The largest absolute Gasteiger partial charge is 0.484 e. The van der Waals surface area contributed by atoms with Crippen LogP contribution in [0.2, 0.25) is 0 Å². The summed E-state index contributed by atoms with van der Waals surface area (Å²) in [6.45, 7) is 1.93. The maximum atomic E-state index is 13.3. The van der Waals surface area contributed by atoms with Crippen LogP contribution in [-0.4, -0.2) is 46.0 Å². The van der Waals surface area contributed by atoms with Gasteiger partial charge in [-0.2, -0.15) is 0 Å². The Hall–Kier alpha value is -4.67. The van der Waals surface area contributed by atoms with E-state index in [1.807, 2.05) is 60.7 Å². The first-order chi connectivity index (χ1) is 20.8. The van der Waals surface area contributed by atoms with E-state index in [4.69, 9.17) is 9.47 Å². The molecule has 222 valence electrons. The summed E-state index contributed by atoms with van der Waals surface area (Å²) in [6.07, 6.45) is -0.209. The predicted molar refractivity (Wildman–Crippen MR) is 163 cm³/mol. The Bertz CT molecular complexity index is 1650. The molecule has 2 atom stereocenters. The zero-order valence-corrected chi connectivity index (χ0v) is 24.5. The van der Waals surface area contributed by atoms with Crippen molar-refractivity contribution in [2.75, 3.05) is 24.6 Å². The first-order valence-electron chi connectivity index (χ1n) is 14.0. The number of carbonyl (C=O) groups is 2. The maximum Gasteiger partial charge on any atom is 0.265 e. The molecule has 0 aliphatic carbocycles. The Labute approximate surface area is 251 Å². The molecule has 1 heterocycles. The smallest absolute Gasteiger partial charge is 0.265 e. The first-order valence-corrected chi connectivity index (χ1v) is 15.5. The second kappa shape index (κ2) is 13.5. The van der Waals surface area contributed by atoms with Crippen LogP contribution >= 0.6 is 0 Å². The highest BCUT2D eigenvalue weighted by Gasteiger charge is 2.33. The molecule has 1 aliphatic heterocycles. The molecule has 10 heteroatoms. The molecule has 2 amide bonds. The molecule has 0 fully saturated rings. The second-order valence-electron chi connectivity index (χ2n) is 10.1. The van der Waals surface area contributed by atoms with Gasteiger partial charge in [0.05, 0.1) is 17.1 Å². The summed E-state index contributed by atoms with van der Waals surface area (Å²) in [6, 6.07) is 31.6. The number of hydrogen-bond donors (Lipinski definition) is 2. The summed E-state index contributed by atoms with van der Waals surface area (Å²) < 4.78 is 40.1. The van der Waals surface area contributed by atoms with Crippen LogP contribution < -0.4 is 24.4 Å². The Morgan fingerprint density at radius 1 is 0.907 bits per heavy atom. The van der Waals surface area contributed by atoms with Crippen LogP contribution in [0.1, 0.15) is 24.1 Å². The van der Waals surface area contributed by atoms with Crippen LogP contribution in [0, 0.1) is 0 Å². The lowest BCUT2D eigenvalue weighted by Crippen LogP contribution is -2.52. The van der Waals surface area contributed by atoms with Crippen LogP contribution in [0.4, 0.5) is 5.69 Å². The van der Waals surface area contributed by atoms with Gasteiger partial charge in [0, 0.05) is 12.6 Å². The van der Waals surface area contributed by atoms with Gasteiger partial charge in [-0.25, -0.2) is 13.1 Å². The molecule has 0 spiro atoms. The highest BCUT2D eigenvalue weighted by atomic mass is 32.2. The number of benzene rings is 4. The van der Waals surface area contributed by atoms with Gasteiger partial charge in [0.2, 0.25) is 10.0 Å². The third-order valence-electron chi connectivity index (χ3n) is 7.05. The van der Waals surface area contributed by atoms with Crippen molar-refractivity contribution in [3.8, 4) is 11.5 Å². The van der Waals surface area contributed by atoms with Gasteiger partial charge in [0.25, 0.3) is 11.8 Å². The highest BCUT2D eigenvalue weighted by molar-refractivity contribution is 7.89. The van der Waals surface area contributed by atoms with E-state index in [2.05, 4.69) is 10.0 Å². The van der Waals surface area contributed by atoms with Crippen LogP contribution in [0.15, 0.2) is 114 Å². The summed E-state index contributed by atoms with van der Waals surface area (Å²) in [7, 11) is -3.78. The molecule has 4 aromatic carbocycles. The normalized spacial score (nSPS) is 15.1. The van der Waals surface area contributed by atoms with Crippen LogP contribution in [0.5, 0.6) is 11.5 Å². The number of ether oxygens (including phenoxy) is 2.